The Hall–Kier alpha value is -1.14. The predicted octanol–water partition coefficient (Wildman–Crippen LogP) is 2.50. The van der Waals surface area contributed by atoms with E-state index in [9.17, 15) is 5.11 Å². The van der Waals surface area contributed by atoms with Crippen LogP contribution >= 0.6 is 0 Å². The van der Waals surface area contributed by atoms with E-state index >= 15 is 0 Å². The van der Waals surface area contributed by atoms with Gasteiger partial charge in [0.2, 0.25) is 0 Å². The first kappa shape index (κ1) is 16.7. The van der Waals surface area contributed by atoms with Gasteiger partial charge in [0.15, 0.2) is 5.75 Å². The van der Waals surface area contributed by atoms with E-state index in [2.05, 4.69) is 19.1 Å². The van der Waals surface area contributed by atoms with Crippen LogP contribution in [0.25, 0.3) is 0 Å². The van der Waals surface area contributed by atoms with Crippen LogP contribution in [0.3, 0.4) is 0 Å². The summed E-state index contributed by atoms with van der Waals surface area (Å²) < 4.78 is 11.1. The summed E-state index contributed by atoms with van der Waals surface area (Å²) in [7, 11) is 0. The molecule has 2 saturated heterocycles. The summed E-state index contributed by atoms with van der Waals surface area (Å²) in [5.74, 6) is 0.803. The SMILES string of the molecule is CCCCCc1ccc(OOCC2COC3C(O)COC23)cc1. The van der Waals surface area contributed by atoms with Crippen LogP contribution in [-0.2, 0) is 20.8 Å². The van der Waals surface area contributed by atoms with Crippen LogP contribution in [0.1, 0.15) is 31.7 Å². The molecule has 4 unspecified atom stereocenters. The van der Waals surface area contributed by atoms with Gasteiger partial charge in [-0.1, -0.05) is 31.9 Å². The standard InChI is InChI=1S/C18H26O5/c1-2-3-4-5-13-6-8-15(9-7-13)23-22-11-14-10-20-18-16(19)12-21-17(14)18/h6-9,14,16-19H,2-5,10-12H2,1H3. The third-order valence-corrected chi connectivity index (χ3v) is 4.56. The molecule has 2 heterocycles. The highest BCUT2D eigenvalue weighted by atomic mass is 17.2. The molecule has 0 amide bonds. The third kappa shape index (κ3) is 4.23. The van der Waals surface area contributed by atoms with E-state index in [0.29, 0.717) is 25.6 Å². The van der Waals surface area contributed by atoms with Gasteiger partial charge in [0.1, 0.15) is 18.8 Å². The molecule has 23 heavy (non-hydrogen) atoms. The van der Waals surface area contributed by atoms with E-state index in [1.165, 1.54) is 24.8 Å². The van der Waals surface area contributed by atoms with Crippen LogP contribution in [0.15, 0.2) is 24.3 Å². The summed E-state index contributed by atoms with van der Waals surface area (Å²) in [5.41, 5.74) is 1.33. The van der Waals surface area contributed by atoms with Crippen molar-refractivity contribution in [2.45, 2.75) is 50.9 Å². The minimum Gasteiger partial charge on any atom is -0.388 e. The van der Waals surface area contributed by atoms with Gasteiger partial charge in [-0.25, -0.2) is 0 Å². The maximum Gasteiger partial charge on any atom is 0.165 e. The van der Waals surface area contributed by atoms with Crippen LogP contribution in [0.2, 0.25) is 0 Å². The fourth-order valence-corrected chi connectivity index (χ4v) is 3.18. The number of fused-ring (bicyclic) bond motifs is 1. The third-order valence-electron chi connectivity index (χ3n) is 4.56. The number of unbranched alkanes of at least 4 members (excludes halogenated alkanes) is 2. The van der Waals surface area contributed by atoms with Crippen LogP contribution < -0.4 is 4.89 Å². The zero-order valence-electron chi connectivity index (χ0n) is 13.6. The minimum atomic E-state index is -0.522. The lowest BCUT2D eigenvalue weighted by molar-refractivity contribution is -0.220. The van der Waals surface area contributed by atoms with Crippen LogP contribution in [0.4, 0.5) is 0 Å². The quantitative estimate of drug-likeness (QED) is 0.453. The maximum atomic E-state index is 9.70. The molecule has 0 radical (unpaired) electrons. The van der Waals surface area contributed by atoms with Gasteiger partial charge in [0, 0.05) is 5.92 Å². The molecular weight excluding hydrogens is 296 g/mol. The van der Waals surface area contributed by atoms with Crippen molar-refractivity contribution in [1.82, 2.24) is 0 Å². The Kier molecular flexibility index (Phi) is 5.89. The second kappa shape index (κ2) is 8.11. The molecular formula is C18H26O5. The largest absolute Gasteiger partial charge is 0.388 e. The van der Waals surface area contributed by atoms with E-state index in [-0.39, 0.29) is 18.1 Å². The molecule has 1 aromatic rings. The molecule has 3 rings (SSSR count). The van der Waals surface area contributed by atoms with Crippen LogP contribution in [0, 0.1) is 5.92 Å². The zero-order chi connectivity index (χ0) is 16.1. The first-order chi connectivity index (χ1) is 11.3. The number of benzene rings is 1. The Morgan fingerprint density at radius 2 is 1.87 bits per heavy atom. The van der Waals surface area contributed by atoms with Gasteiger partial charge < -0.3 is 19.5 Å². The summed E-state index contributed by atoms with van der Waals surface area (Å²) in [6, 6.07) is 8.04. The lowest BCUT2D eigenvalue weighted by atomic mass is 10.0. The summed E-state index contributed by atoms with van der Waals surface area (Å²) in [5, 5.41) is 9.70. The summed E-state index contributed by atoms with van der Waals surface area (Å²) in [4.78, 5) is 10.7. The van der Waals surface area contributed by atoms with Crippen LogP contribution in [-0.4, -0.2) is 43.2 Å². The molecule has 5 nitrogen and oxygen atoms in total. The Labute approximate surface area is 137 Å². The van der Waals surface area contributed by atoms with Gasteiger partial charge in [0.25, 0.3) is 0 Å². The van der Waals surface area contributed by atoms with Crippen molar-refractivity contribution in [2.24, 2.45) is 5.92 Å². The first-order valence-electron chi connectivity index (χ1n) is 8.57. The van der Waals surface area contributed by atoms with Gasteiger partial charge in [-0.2, -0.15) is 4.89 Å². The number of hydrogen-bond acceptors (Lipinski definition) is 5. The fourth-order valence-electron chi connectivity index (χ4n) is 3.18. The minimum absolute atomic E-state index is 0.0884. The molecule has 1 aromatic carbocycles. The van der Waals surface area contributed by atoms with Gasteiger partial charge in [-0.15, -0.1) is 0 Å². The second-order valence-corrected chi connectivity index (χ2v) is 6.39. The van der Waals surface area contributed by atoms with Gasteiger partial charge in [-0.05, 0) is 30.5 Å². The van der Waals surface area contributed by atoms with Crippen molar-refractivity contribution >= 4 is 0 Å². The van der Waals surface area contributed by atoms with Crippen molar-refractivity contribution in [3.63, 3.8) is 0 Å². The Morgan fingerprint density at radius 1 is 1.09 bits per heavy atom. The summed E-state index contributed by atoms with van der Waals surface area (Å²) in [6.07, 6.45) is 4.01. The average molecular weight is 322 g/mol. The second-order valence-electron chi connectivity index (χ2n) is 6.39. The number of hydrogen-bond donors (Lipinski definition) is 1. The molecule has 1 N–H and O–H groups in total. The molecule has 2 fully saturated rings. The first-order valence-corrected chi connectivity index (χ1v) is 8.57. The van der Waals surface area contributed by atoms with Crippen LogP contribution in [0.5, 0.6) is 5.75 Å². The molecule has 5 heteroatoms. The Bertz CT molecular complexity index is 475. The van der Waals surface area contributed by atoms with E-state index in [1.807, 2.05) is 12.1 Å². The highest BCUT2D eigenvalue weighted by Crippen LogP contribution is 2.31. The number of aliphatic hydroxyl groups excluding tert-OH is 1. The predicted molar refractivity (Wildman–Crippen MR) is 85.2 cm³/mol. The maximum absolute atomic E-state index is 9.70. The Morgan fingerprint density at radius 3 is 2.65 bits per heavy atom. The van der Waals surface area contributed by atoms with Crippen molar-refractivity contribution in [1.29, 1.82) is 0 Å². The van der Waals surface area contributed by atoms with Crippen molar-refractivity contribution in [2.75, 3.05) is 19.8 Å². The fraction of sp³-hybridized carbons (Fsp3) is 0.667. The molecule has 0 saturated carbocycles. The van der Waals surface area contributed by atoms with Gasteiger partial charge in [0.05, 0.1) is 19.3 Å². The van der Waals surface area contributed by atoms with Gasteiger partial charge in [-0.3, -0.25) is 0 Å². The normalized spacial score (nSPS) is 29.7. The van der Waals surface area contributed by atoms with Crippen molar-refractivity contribution in [3.05, 3.63) is 29.8 Å². The summed E-state index contributed by atoms with van der Waals surface area (Å²) in [6.45, 7) is 3.48. The molecule has 2 aliphatic heterocycles. The average Bonchev–Trinajstić information content (AvgIpc) is 3.13. The van der Waals surface area contributed by atoms with E-state index in [1.54, 1.807) is 0 Å². The molecule has 0 aliphatic carbocycles. The number of aliphatic hydroxyl groups is 1. The monoisotopic (exact) mass is 322 g/mol. The molecule has 4 atom stereocenters. The lowest BCUT2D eigenvalue weighted by Gasteiger charge is -2.15. The van der Waals surface area contributed by atoms with Crippen molar-refractivity contribution in [3.8, 4) is 5.75 Å². The smallest absolute Gasteiger partial charge is 0.165 e. The Balaban J connectivity index is 1.39. The molecule has 128 valence electrons. The molecule has 2 aliphatic rings. The highest BCUT2D eigenvalue weighted by molar-refractivity contribution is 5.26. The molecule has 0 spiro atoms. The molecule has 0 aromatic heterocycles. The van der Waals surface area contributed by atoms with E-state index < -0.39 is 6.10 Å². The lowest BCUT2D eigenvalue weighted by Crippen LogP contribution is -2.30. The van der Waals surface area contributed by atoms with E-state index in [4.69, 9.17) is 19.2 Å². The van der Waals surface area contributed by atoms with Crippen molar-refractivity contribution < 1.29 is 24.4 Å². The van der Waals surface area contributed by atoms with E-state index in [0.717, 1.165) is 6.42 Å². The number of aryl methyl sites for hydroxylation is 1. The van der Waals surface area contributed by atoms with Gasteiger partial charge >= 0.3 is 0 Å². The summed E-state index contributed by atoms with van der Waals surface area (Å²) >= 11 is 0. The number of ether oxygens (including phenoxy) is 2. The molecule has 0 bridgehead atoms. The zero-order valence-corrected chi connectivity index (χ0v) is 13.6. The highest BCUT2D eigenvalue weighted by Gasteiger charge is 2.47. The number of rotatable bonds is 8. The topological polar surface area (TPSA) is 57.2 Å².